The maximum Gasteiger partial charge on any atom is 0.0576 e. The molecule has 14 heavy (non-hydrogen) atoms. The van der Waals surface area contributed by atoms with E-state index >= 15 is 0 Å². The molecule has 0 radical (unpaired) electrons. The number of rotatable bonds is 3. The molecule has 0 saturated carbocycles. The Kier molecular flexibility index (Phi) is 3.00. The molecular formula is C9H10BrN3S. The van der Waals surface area contributed by atoms with E-state index in [1.807, 2.05) is 6.20 Å². The van der Waals surface area contributed by atoms with E-state index in [1.54, 1.807) is 11.3 Å². The predicted molar refractivity (Wildman–Crippen MR) is 62.4 cm³/mol. The normalized spacial score (nSPS) is 10.7. The summed E-state index contributed by atoms with van der Waals surface area (Å²) in [7, 11) is 0. The molecular weight excluding hydrogens is 262 g/mol. The van der Waals surface area contributed by atoms with Crippen molar-refractivity contribution in [3.63, 3.8) is 0 Å². The Balaban J connectivity index is 2.36. The number of thiophene rings is 1. The zero-order valence-electron chi connectivity index (χ0n) is 7.46. The zero-order chi connectivity index (χ0) is 9.97. The lowest BCUT2D eigenvalue weighted by Crippen LogP contribution is -2.03. The van der Waals surface area contributed by atoms with Crippen molar-refractivity contribution in [1.29, 1.82) is 0 Å². The van der Waals surface area contributed by atoms with Gasteiger partial charge in [-0.15, -0.1) is 11.3 Å². The average molecular weight is 272 g/mol. The molecule has 5 heteroatoms. The molecule has 0 aromatic carbocycles. The molecule has 0 aliphatic carbocycles. The lowest BCUT2D eigenvalue weighted by molar-refractivity contribution is 0.903. The minimum absolute atomic E-state index is 0.641. The van der Waals surface area contributed by atoms with Gasteiger partial charge in [0.15, 0.2) is 0 Å². The number of hydrogen-bond acceptors (Lipinski definition) is 3. The number of nitrogens with two attached hydrogens (primary N) is 1. The molecule has 0 aliphatic heterocycles. The summed E-state index contributed by atoms with van der Waals surface area (Å²) in [5.74, 6) is 0. The summed E-state index contributed by atoms with van der Waals surface area (Å²) >= 11 is 5.14. The lowest BCUT2D eigenvalue weighted by Gasteiger charge is -1.97. The molecule has 0 saturated heterocycles. The predicted octanol–water partition coefficient (Wildman–Crippen LogP) is 2.40. The van der Waals surface area contributed by atoms with Crippen LogP contribution in [0.2, 0.25) is 0 Å². The number of nitrogens with one attached hydrogen (secondary N) is 1. The highest BCUT2D eigenvalue weighted by Crippen LogP contribution is 2.31. The summed E-state index contributed by atoms with van der Waals surface area (Å²) in [4.78, 5) is 1.22. The molecule has 0 amide bonds. The van der Waals surface area contributed by atoms with Crippen molar-refractivity contribution in [1.82, 2.24) is 10.2 Å². The Hall–Kier alpha value is -0.650. The zero-order valence-corrected chi connectivity index (χ0v) is 9.86. The Morgan fingerprint density at radius 2 is 2.43 bits per heavy atom. The highest BCUT2D eigenvalue weighted by molar-refractivity contribution is 9.10. The average Bonchev–Trinajstić information content (AvgIpc) is 2.74. The summed E-state index contributed by atoms with van der Waals surface area (Å²) in [6.07, 6.45) is 2.69. The van der Waals surface area contributed by atoms with Gasteiger partial charge in [-0.2, -0.15) is 5.10 Å². The van der Waals surface area contributed by atoms with Gasteiger partial charge < -0.3 is 5.73 Å². The van der Waals surface area contributed by atoms with Crippen LogP contribution < -0.4 is 5.73 Å². The van der Waals surface area contributed by atoms with Crippen LogP contribution in [0.15, 0.2) is 22.1 Å². The molecule has 0 fully saturated rings. The topological polar surface area (TPSA) is 54.7 Å². The van der Waals surface area contributed by atoms with Gasteiger partial charge in [-0.1, -0.05) is 0 Å². The largest absolute Gasteiger partial charge is 0.330 e. The van der Waals surface area contributed by atoms with E-state index in [1.165, 1.54) is 4.88 Å². The van der Waals surface area contributed by atoms with Crippen LogP contribution in [0.5, 0.6) is 0 Å². The Morgan fingerprint density at radius 1 is 1.57 bits per heavy atom. The third kappa shape index (κ3) is 1.89. The quantitative estimate of drug-likeness (QED) is 0.901. The minimum atomic E-state index is 0.641. The van der Waals surface area contributed by atoms with Crippen LogP contribution in [0.3, 0.4) is 0 Å². The number of aromatic amines is 1. The molecule has 3 N–H and O–H groups in total. The minimum Gasteiger partial charge on any atom is -0.330 e. The fourth-order valence-corrected chi connectivity index (χ4v) is 2.78. The fourth-order valence-electron chi connectivity index (χ4n) is 1.31. The van der Waals surface area contributed by atoms with Crippen LogP contribution in [-0.2, 0) is 6.42 Å². The van der Waals surface area contributed by atoms with Gasteiger partial charge in [-0.25, -0.2) is 0 Å². The van der Waals surface area contributed by atoms with Crippen LogP contribution in [0.25, 0.3) is 10.4 Å². The molecule has 0 aliphatic rings. The number of halogens is 1. The first kappa shape index (κ1) is 9.89. The van der Waals surface area contributed by atoms with Crippen LogP contribution >= 0.6 is 27.3 Å². The number of H-pyrrole nitrogens is 1. The van der Waals surface area contributed by atoms with Gasteiger partial charge in [0.2, 0.25) is 0 Å². The van der Waals surface area contributed by atoms with Crippen molar-refractivity contribution in [3.8, 4) is 10.4 Å². The molecule has 0 bridgehead atoms. The van der Waals surface area contributed by atoms with Gasteiger partial charge in [0.05, 0.1) is 6.20 Å². The first-order chi connectivity index (χ1) is 6.81. The van der Waals surface area contributed by atoms with Gasteiger partial charge in [0.1, 0.15) is 0 Å². The second-order valence-electron chi connectivity index (χ2n) is 2.93. The van der Waals surface area contributed by atoms with Gasteiger partial charge >= 0.3 is 0 Å². The smallest absolute Gasteiger partial charge is 0.0576 e. The van der Waals surface area contributed by atoms with E-state index in [2.05, 4.69) is 37.6 Å². The first-order valence-electron chi connectivity index (χ1n) is 4.28. The van der Waals surface area contributed by atoms with E-state index in [4.69, 9.17) is 5.73 Å². The maximum atomic E-state index is 5.52. The van der Waals surface area contributed by atoms with Crippen molar-refractivity contribution < 1.29 is 0 Å². The number of nitrogens with zero attached hydrogens (tertiary/aromatic N) is 1. The third-order valence-electron chi connectivity index (χ3n) is 1.95. The molecule has 2 heterocycles. The van der Waals surface area contributed by atoms with Crippen LogP contribution in [0.4, 0.5) is 0 Å². The van der Waals surface area contributed by atoms with E-state index < -0.39 is 0 Å². The number of hydrogen-bond donors (Lipinski definition) is 2. The number of aromatic nitrogens is 2. The second kappa shape index (κ2) is 4.25. The van der Waals surface area contributed by atoms with Crippen LogP contribution in [0.1, 0.15) is 5.69 Å². The highest BCUT2D eigenvalue weighted by atomic mass is 79.9. The molecule has 2 rings (SSSR count). The van der Waals surface area contributed by atoms with Crippen molar-refractivity contribution in [2.75, 3.05) is 6.54 Å². The Bertz CT molecular complexity index is 421. The lowest BCUT2D eigenvalue weighted by atomic mass is 10.2. The van der Waals surface area contributed by atoms with Crippen molar-refractivity contribution in [3.05, 3.63) is 27.8 Å². The molecule has 0 atom stereocenters. The monoisotopic (exact) mass is 271 g/mol. The molecule has 3 nitrogen and oxygen atoms in total. The Labute approximate surface area is 94.5 Å². The van der Waals surface area contributed by atoms with Gasteiger partial charge in [-0.3, -0.25) is 5.10 Å². The standard InChI is InChI=1S/C9H10BrN3S/c10-6-3-9(14-5-6)7-4-12-13-8(7)1-2-11/h3-5H,1-2,11H2,(H,12,13). The van der Waals surface area contributed by atoms with Crippen molar-refractivity contribution >= 4 is 27.3 Å². The third-order valence-corrected chi connectivity index (χ3v) is 3.67. The summed E-state index contributed by atoms with van der Waals surface area (Å²) in [5.41, 5.74) is 7.79. The van der Waals surface area contributed by atoms with Crippen LogP contribution in [-0.4, -0.2) is 16.7 Å². The summed E-state index contributed by atoms with van der Waals surface area (Å²) < 4.78 is 1.11. The molecule has 0 unspecified atom stereocenters. The van der Waals surface area contributed by atoms with Crippen molar-refractivity contribution in [2.24, 2.45) is 5.73 Å². The van der Waals surface area contributed by atoms with E-state index in [9.17, 15) is 0 Å². The van der Waals surface area contributed by atoms with Gasteiger partial charge in [0.25, 0.3) is 0 Å². The van der Waals surface area contributed by atoms with Crippen LogP contribution in [0, 0.1) is 0 Å². The molecule has 74 valence electrons. The molecule has 2 aromatic rings. The SMILES string of the molecule is NCCc1[nH]ncc1-c1cc(Br)cs1. The first-order valence-corrected chi connectivity index (χ1v) is 5.95. The van der Waals surface area contributed by atoms with E-state index in [0.29, 0.717) is 6.54 Å². The van der Waals surface area contributed by atoms with E-state index in [-0.39, 0.29) is 0 Å². The fraction of sp³-hybridized carbons (Fsp3) is 0.222. The van der Waals surface area contributed by atoms with E-state index in [0.717, 1.165) is 22.2 Å². The van der Waals surface area contributed by atoms with Crippen molar-refractivity contribution in [2.45, 2.75) is 6.42 Å². The maximum absolute atomic E-state index is 5.52. The van der Waals surface area contributed by atoms with Gasteiger partial charge in [-0.05, 0) is 28.5 Å². The Morgan fingerprint density at radius 3 is 3.07 bits per heavy atom. The summed E-state index contributed by atoms with van der Waals surface area (Å²) in [5, 5.41) is 9.08. The molecule has 0 spiro atoms. The summed E-state index contributed by atoms with van der Waals surface area (Å²) in [6.45, 7) is 0.641. The second-order valence-corrected chi connectivity index (χ2v) is 4.76. The highest BCUT2D eigenvalue weighted by Gasteiger charge is 2.08. The molecule has 2 aromatic heterocycles. The summed E-state index contributed by atoms with van der Waals surface area (Å²) in [6, 6.07) is 2.09. The van der Waals surface area contributed by atoms with Gasteiger partial charge in [0, 0.05) is 32.4 Å².